The number of nitrogens with zero attached hydrogens (tertiary/aromatic N) is 2. The highest BCUT2D eigenvalue weighted by molar-refractivity contribution is 9.10. The van der Waals surface area contributed by atoms with Crippen molar-refractivity contribution in [3.8, 4) is 5.88 Å². The number of aromatic nitrogens is 2. The molecule has 0 saturated carbocycles. The molecular formula is C18H21BrFN3O5. The lowest BCUT2D eigenvalue weighted by molar-refractivity contribution is -0.0713. The van der Waals surface area contributed by atoms with Gasteiger partial charge < -0.3 is 24.1 Å². The molecule has 0 bridgehead atoms. The van der Waals surface area contributed by atoms with Crippen LogP contribution in [0.3, 0.4) is 0 Å². The highest BCUT2D eigenvalue weighted by atomic mass is 79.9. The third kappa shape index (κ3) is 2.86. The van der Waals surface area contributed by atoms with E-state index in [1.54, 1.807) is 6.07 Å². The molecule has 10 heteroatoms. The average molecular weight is 458 g/mol. The number of fused-ring (bicyclic) bond motifs is 2. The molecule has 5 atom stereocenters. The fraction of sp³-hybridized carbons (Fsp3) is 0.611. The third-order valence-electron chi connectivity index (χ3n) is 5.63. The second kappa shape index (κ2) is 6.89. The molecule has 152 valence electrons. The van der Waals surface area contributed by atoms with Crippen molar-refractivity contribution in [2.24, 2.45) is 5.73 Å². The van der Waals surface area contributed by atoms with Crippen molar-refractivity contribution < 1.29 is 28.4 Å². The van der Waals surface area contributed by atoms with Crippen LogP contribution in [0, 0.1) is 5.82 Å². The third-order valence-corrected chi connectivity index (χ3v) is 6.19. The molecule has 1 unspecified atom stereocenters. The van der Waals surface area contributed by atoms with Crippen LogP contribution in [0.15, 0.2) is 16.7 Å². The van der Waals surface area contributed by atoms with Gasteiger partial charge in [0.2, 0.25) is 0 Å². The van der Waals surface area contributed by atoms with Gasteiger partial charge in [-0.1, -0.05) is 0 Å². The summed E-state index contributed by atoms with van der Waals surface area (Å²) in [4.78, 5) is 4.27. The Kier molecular flexibility index (Phi) is 4.61. The summed E-state index contributed by atoms with van der Waals surface area (Å²) in [5.74, 6) is -0.00742. The van der Waals surface area contributed by atoms with Gasteiger partial charge in [-0.25, -0.2) is 9.37 Å². The summed E-state index contributed by atoms with van der Waals surface area (Å²) in [5, 5.41) is 10.0. The van der Waals surface area contributed by atoms with Crippen LogP contribution >= 0.6 is 15.9 Å². The Labute approximate surface area is 168 Å². The molecule has 3 aliphatic rings. The first-order valence-electron chi connectivity index (χ1n) is 9.35. The first-order valence-corrected chi connectivity index (χ1v) is 10.1. The first-order chi connectivity index (χ1) is 13.5. The molecule has 2 aromatic rings. The largest absolute Gasteiger partial charge is 0.468 e. The van der Waals surface area contributed by atoms with Crippen molar-refractivity contribution in [3.05, 3.63) is 22.6 Å². The van der Waals surface area contributed by atoms with Crippen LogP contribution in [0.25, 0.3) is 11.0 Å². The summed E-state index contributed by atoms with van der Waals surface area (Å²) < 4.78 is 39.5. The number of halogens is 2. The summed E-state index contributed by atoms with van der Waals surface area (Å²) >= 11 is 3.13. The SMILES string of the molecule is N[C@]12OC[C@@H](O)[C@H]1OC[C@H]2Oc1cc2nc(Br)c(F)cc2n1C1CCCCO1. The summed E-state index contributed by atoms with van der Waals surface area (Å²) in [7, 11) is 0. The maximum absolute atomic E-state index is 14.2. The number of aliphatic hydroxyl groups excluding tert-OH is 1. The Balaban J connectivity index is 1.55. The predicted molar refractivity (Wildman–Crippen MR) is 99.3 cm³/mol. The van der Waals surface area contributed by atoms with Gasteiger partial charge in [0, 0.05) is 18.7 Å². The van der Waals surface area contributed by atoms with Gasteiger partial charge in [-0.2, -0.15) is 0 Å². The zero-order valence-corrected chi connectivity index (χ0v) is 16.6. The monoisotopic (exact) mass is 457 g/mol. The van der Waals surface area contributed by atoms with Crippen molar-refractivity contribution in [1.29, 1.82) is 0 Å². The number of ether oxygens (including phenoxy) is 4. The van der Waals surface area contributed by atoms with Gasteiger partial charge in [-0.15, -0.1) is 0 Å². The van der Waals surface area contributed by atoms with E-state index < -0.39 is 29.9 Å². The molecule has 0 aliphatic carbocycles. The number of aliphatic hydroxyl groups is 1. The van der Waals surface area contributed by atoms with Crippen LogP contribution in [0.2, 0.25) is 0 Å². The summed E-state index contributed by atoms with van der Waals surface area (Å²) in [5.41, 5.74) is 6.27. The van der Waals surface area contributed by atoms with Gasteiger partial charge in [-0.3, -0.25) is 10.3 Å². The van der Waals surface area contributed by atoms with E-state index in [0.717, 1.165) is 19.3 Å². The smallest absolute Gasteiger partial charge is 0.198 e. The van der Waals surface area contributed by atoms with Gasteiger partial charge in [0.05, 0.1) is 24.2 Å². The summed E-state index contributed by atoms with van der Waals surface area (Å²) in [6, 6.07) is 3.15. The van der Waals surface area contributed by atoms with Crippen LogP contribution in [-0.2, 0) is 14.2 Å². The minimum absolute atomic E-state index is 0.0927. The lowest BCUT2D eigenvalue weighted by Gasteiger charge is -2.30. The van der Waals surface area contributed by atoms with E-state index in [1.165, 1.54) is 6.07 Å². The maximum atomic E-state index is 14.2. The minimum atomic E-state index is -1.24. The number of rotatable bonds is 3. The van der Waals surface area contributed by atoms with Gasteiger partial charge in [0.25, 0.3) is 0 Å². The molecular weight excluding hydrogens is 437 g/mol. The first kappa shape index (κ1) is 18.7. The minimum Gasteiger partial charge on any atom is -0.468 e. The molecule has 0 radical (unpaired) electrons. The molecule has 5 heterocycles. The van der Waals surface area contributed by atoms with Crippen LogP contribution in [0.1, 0.15) is 25.5 Å². The Morgan fingerprint density at radius 3 is 2.96 bits per heavy atom. The molecule has 3 aliphatic heterocycles. The molecule has 5 rings (SSSR count). The quantitative estimate of drug-likeness (QED) is 0.677. The Morgan fingerprint density at radius 1 is 1.32 bits per heavy atom. The second-order valence-corrected chi connectivity index (χ2v) is 8.18. The zero-order valence-electron chi connectivity index (χ0n) is 15.0. The van der Waals surface area contributed by atoms with Crippen molar-refractivity contribution >= 4 is 27.0 Å². The van der Waals surface area contributed by atoms with E-state index in [-0.39, 0.29) is 24.0 Å². The molecule has 3 N–H and O–H groups in total. The molecule has 2 aromatic heterocycles. The Hall–Kier alpha value is -1.30. The van der Waals surface area contributed by atoms with Gasteiger partial charge >= 0.3 is 0 Å². The highest BCUT2D eigenvalue weighted by Gasteiger charge is 2.59. The lowest BCUT2D eigenvalue weighted by Crippen LogP contribution is -2.57. The molecule has 28 heavy (non-hydrogen) atoms. The maximum Gasteiger partial charge on any atom is 0.198 e. The highest BCUT2D eigenvalue weighted by Crippen LogP contribution is 2.39. The topological polar surface area (TPSA) is 101 Å². The molecule has 3 saturated heterocycles. The zero-order chi connectivity index (χ0) is 19.5. The van der Waals surface area contributed by atoms with Crippen molar-refractivity contribution in [3.63, 3.8) is 0 Å². The van der Waals surface area contributed by atoms with Crippen LogP contribution in [-0.4, -0.2) is 58.5 Å². The average Bonchev–Trinajstić information content (AvgIpc) is 3.29. The number of hydrogen-bond donors (Lipinski definition) is 2. The fourth-order valence-electron chi connectivity index (χ4n) is 4.20. The van der Waals surface area contributed by atoms with E-state index in [1.807, 2.05) is 4.57 Å². The number of pyridine rings is 1. The Bertz CT molecular complexity index is 905. The van der Waals surface area contributed by atoms with Gasteiger partial charge in [-0.05, 0) is 35.2 Å². The van der Waals surface area contributed by atoms with Crippen LogP contribution in [0.5, 0.6) is 5.88 Å². The molecule has 0 aromatic carbocycles. The van der Waals surface area contributed by atoms with Crippen molar-refractivity contribution in [1.82, 2.24) is 9.55 Å². The van der Waals surface area contributed by atoms with E-state index >= 15 is 0 Å². The van der Waals surface area contributed by atoms with Gasteiger partial charge in [0.15, 0.2) is 23.5 Å². The normalized spacial score (nSPS) is 35.4. The standard InChI is InChI=1S/C18H21BrFN3O5/c19-17-9(20)5-11-10(22-17)6-15(23(11)14-3-1-2-4-25-14)28-13-8-26-16-12(24)7-27-18(13,16)21/h5-6,12-14,16,24H,1-4,7-8,21H2/t12-,13-,14?,16-,18-/m1/s1. The summed E-state index contributed by atoms with van der Waals surface area (Å²) in [6.45, 7) is 0.896. The second-order valence-electron chi connectivity index (χ2n) is 7.43. The number of hydrogen-bond acceptors (Lipinski definition) is 7. The fourth-order valence-corrected chi connectivity index (χ4v) is 4.51. The van der Waals surface area contributed by atoms with E-state index in [9.17, 15) is 9.50 Å². The number of nitrogens with two attached hydrogens (primary N) is 1. The lowest BCUT2D eigenvalue weighted by atomic mass is 10.0. The van der Waals surface area contributed by atoms with Crippen LogP contribution < -0.4 is 10.5 Å². The van der Waals surface area contributed by atoms with E-state index in [4.69, 9.17) is 24.7 Å². The molecule has 0 spiro atoms. The molecule has 0 amide bonds. The van der Waals surface area contributed by atoms with Crippen molar-refractivity contribution in [2.75, 3.05) is 19.8 Å². The van der Waals surface area contributed by atoms with E-state index in [0.29, 0.717) is 23.5 Å². The van der Waals surface area contributed by atoms with Crippen LogP contribution in [0.4, 0.5) is 4.39 Å². The predicted octanol–water partition coefficient (Wildman–Crippen LogP) is 1.83. The van der Waals surface area contributed by atoms with Gasteiger partial charge in [0.1, 0.15) is 23.0 Å². The van der Waals surface area contributed by atoms with Crippen molar-refractivity contribution in [2.45, 2.75) is 49.5 Å². The van der Waals surface area contributed by atoms with E-state index in [2.05, 4.69) is 20.9 Å². The molecule has 8 nitrogen and oxygen atoms in total. The summed E-state index contributed by atoms with van der Waals surface area (Å²) in [6.07, 6.45) is 0.412. The Morgan fingerprint density at radius 2 is 2.18 bits per heavy atom. The molecule has 3 fully saturated rings.